The normalized spacial score (nSPS) is 38.5. The van der Waals surface area contributed by atoms with Gasteiger partial charge in [0.05, 0.1) is 10.8 Å². The van der Waals surface area contributed by atoms with Gasteiger partial charge in [-0.3, -0.25) is 9.59 Å². The zero-order chi connectivity index (χ0) is 30.3. The van der Waals surface area contributed by atoms with Gasteiger partial charge in [0.1, 0.15) is 11.6 Å². The standard InChI is InChI=1S/C38H44Br2O2/c1-33(2)29-17-19-35(33,5)31(41)37(29,23-27(39)21-25-13-9-7-10-14-25)38(24-28(40)22-26-15-11-8-12-16-26)30-18-20-36(6,32(38)42)34(30,3)4/h7-16,21-22,29-30H,17-20,23-24H2,1-6H3/b27-21-,28-22-/t29-,30-,35-,36+,37-,38+/m0/s1. The number of carbonyl (C=O) groups excluding carboxylic acids is 2. The minimum absolute atomic E-state index is 0.124. The van der Waals surface area contributed by atoms with E-state index in [1.165, 1.54) is 0 Å². The molecule has 0 aliphatic heterocycles. The predicted octanol–water partition coefficient (Wildman–Crippen LogP) is 10.7. The highest BCUT2D eigenvalue weighted by molar-refractivity contribution is 9.12. The Morgan fingerprint density at radius 2 is 0.976 bits per heavy atom. The van der Waals surface area contributed by atoms with Gasteiger partial charge in [0.2, 0.25) is 0 Å². The van der Waals surface area contributed by atoms with E-state index in [0.717, 1.165) is 45.8 Å². The third kappa shape index (κ3) is 3.73. The van der Waals surface area contributed by atoms with Crippen LogP contribution in [0, 0.1) is 44.3 Å². The average molecular weight is 693 g/mol. The first kappa shape index (κ1) is 30.3. The number of rotatable bonds is 7. The van der Waals surface area contributed by atoms with Gasteiger partial charge in [-0.05, 0) is 93.4 Å². The van der Waals surface area contributed by atoms with Crippen LogP contribution in [-0.4, -0.2) is 11.6 Å². The summed E-state index contributed by atoms with van der Waals surface area (Å²) in [4.78, 5) is 30.9. The second-order valence-corrected chi connectivity index (χ2v) is 17.3. The van der Waals surface area contributed by atoms with Crippen molar-refractivity contribution in [3.8, 4) is 0 Å². The van der Waals surface area contributed by atoms with Crippen molar-refractivity contribution in [1.82, 2.24) is 0 Å². The van der Waals surface area contributed by atoms with Gasteiger partial charge in [-0.1, -0.05) is 134 Å². The Hall–Kier alpha value is -1.78. The Bertz CT molecular complexity index is 1370. The summed E-state index contributed by atoms with van der Waals surface area (Å²) < 4.78 is 2.02. The topological polar surface area (TPSA) is 34.1 Å². The number of fused-ring (bicyclic) bond motifs is 4. The number of Topliss-reactive ketones (excluding diaryl/α,β-unsaturated/α-hetero) is 2. The van der Waals surface area contributed by atoms with E-state index in [4.69, 9.17) is 0 Å². The first-order chi connectivity index (χ1) is 19.7. The minimum atomic E-state index is -0.797. The maximum absolute atomic E-state index is 15.4. The number of hydrogen-bond acceptors (Lipinski definition) is 2. The third-order valence-electron chi connectivity index (χ3n) is 13.4. The van der Waals surface area contributed by atoms with Gasteiger partial charge in [0.25, 0.3) is 0 Å². The summed E-state index contributed by atoms with van der Waals surface area (Å²) in [6.07, 6.45) is 9.24. The van der Waals surface area contributed by atoms with Crippen LogP contribution >= 0.6 is 31.9 Å². The highest BCUT2D eigenvalue weighted by Gasteiger charge is 2.85. The summed E-state index contributed by atoms with van der Waals surface area (Å²) in [5, 5.41) is 0. The lowest BCUT2D eigenvalue weighted by atomic mass is 9.45. The summed E-state index contributed by atoms with van der Waals surface area (Å²) in [5.74, 6) is 0.905. The predicted molar refractivity (Wildman–Crippen MR) is 180 cm³/mol. The number of hydrogen-bond donors (Lipinski definition) is 0. The smallest absolute Gasteiger partial charge is 0.147 e. The minimum Gasteiger partial charge on any atom is -0.298 e. The molecular weight excluding hydrogens is 648 g/mol. The zero-order valence-electron chi connectivity index (χ0n) is 25.9. The third-order valence-corrected chi connectivity index (χ3v) is 14.4. The van der Waals surface area contributed by atoms with Crippen molar-refractivity contribution in [3.63, 3.8) is 0 Å². The Balaban J connectivity index is 1.61. The molecule has 4 aliphatic carbocycles. The second kappa shape index (κ2) is 9.86. The van der Waals surface area contributed by atoms with Crippen LogP contribution in [0.1, 0.15) is 91.2 Å². The van der Waals surface area contributed by atoms with Crippen molar-refractivity contribution in [1.29, 1.82) is 0 Å². The molecule has 0 spiro atoms. The molecule has 222 valence electrons. The van der Waals surface area contributed by atoms with E-state index in [0.29, 0.717) is 24.4 Å². The summed E-state index contributed by atoms with van der Waals surface area (Å²) in [5.41, 5.74) is -0.679. The molecule has 4 heteroatoms. The SMILES string of the molecule is CC1(C)[C@@H]2CC[C@@]1(C)C(=O)[C@@]2(C/C(Br)=C/c1ccccc1)[C@@]1(C/C(Br)=C/c2ccccc2)C(=O)[C@@]2(C)CC[C@H]1C2(C)C. The van der Waals surface area contributed by atoms with Crippen LogP contribution < -0.4 is 0 Å². The van der Waals surface area contributed by atoms with Gasteiger partial charge < -0.3 is 0 Å². The average Bonchev–Trinajstić information content (AvgIpc) is 3.42. The van der Waals surface area contributed by atoms with Gasteiger partial charge >= 0.3 is 0 Å². The van der Waals surface area contributed by atoms with E-state index in [-0.39, 0.29) is 22.7 Å². The van der Waals surface area contributed by atoms with Crippen molar-refractivity contribution in [3.05, 3.63) is 80.8 Å². The Labute approximate surface area is 269 Å². The molecule has 4 bridgehead atoms. The van der Waals surface area contributed by atoms with Crippen LogP contribution in [0.4, 0.5) is 0 Å². The summed E-state index contributed by atoms with van der Waals surface area (Å²) in [7, 11) is 0. The van der Waals surface area contributed by atoms with Crippen LogP contribution in [0.2, 0.25) is 0 Å². The molecule has 0 saturated heterocycles. The Morgan fingerprint density at radius 1 is 0.643 bits per heavy atom. The maximum Gasteiger partial charge on any atom is 0.147 e. The van der Waals surface area contributed by atoms with Crippen LogP contribution in [0.3, 0.4) is 0 Å². The fourth-order valence-electron chi connectivity index (χ4n) is 10.7. The maximum atomic E-state index is 15.4. The molecule has 4 saturated carbocycles. The number of carbonyl (C=O) groups is 2. The molecule has 2 aromatic carbocycles. The number of ketones is 2. The molecule has 4 aliphatic rings. The van der Waals surface area contributed by atoms with Gasteiger partial charge in [-0.25, -0.2) is 0 Å². The number of allylic oxidation sites excluding steroid dienone is 2. The molecule has 6 rings (SSSR count). The molecule has 0 radical (unpaired) electrons. The highest BCUT2D eigenvalue weighted by atomic mass is 79.9. The van der Waals surface area contributed by atoms with Crippen molar-refractivity contribution in [2.24, 2.45) is 44.3 Å². The Morgan fingerprint density at radius 3 is 1.26 bits per heavy atom. The largest absolute Gasteiger partial charge is 0.298 e. The molecule has 42 heavy (non-hydrogen) atoms. The number of halogens is 2. The lowest BCUT2D eigenvalue weighted by Gasteiger charge is -2.55. The van der Waals surface area contributed by atoms with E-state index < -0.39 is 21.7 Å². The first-order valence-corrected chi connectivity index (χ1v) is 17.2. The molecule has 2 nitrogen and oxygen atoms in total. The summed E-state index contributed by atoms with van der Waals surface area (Å²) >= 11 is 7.98. The summed E-state index contributed by atoms with van der Waals surface area (Å²) in [6.45, 7) is 13.7. The van der Waals surface area contributed by atoms with Gasteiger partial charge in [0, 0.05) is 10.8 Å². The molecule has 0 unspecified atom stereocenters. The quantitative estimate of drug-likeness (QED) is 0.290. The molecule has 0 amide bonds. The van der Waals surface area contributed by atoms with Crippen LogP contribution in [0.5, 0.6) is 0 Å². The van der Waals surface area contributed by atoms with Crippen LogP contribution in [0.15, 0.2) is 69.6 Å². The van der Waals surface area contributed by atoms with Crippen LogP contribution in [0.25, 0.3) is 12.2 Å². The fourth-order valence-corrected chi connectivity index (χ4v) is 12.1. The molecule has 0 aromatic heterocycles. The first-order valence-electron chi connectivity index (χ1n) is 15.6. The molecule has 2 aromatic rings. The fraction of sp³-hybridized carbons (Fsp3) is 0.526. The van der Waals surface area contributed by atoms with Gasteiger partial charge in [-0.2, -0.15) is 0 Å². The molecule has 6 atom stereocenters. The van der Waals surface area contributed by atoms with E-state index in [2.05, 4.69) is 110 Å². The monoisotopic (exact) mass is 690 g/mol. The van der Waals surface area contributed by atoms with Gasteiger partial charge in [0.15, 0.2) is 0 Å². The van der Waals surface area contributed by atoms with Crippen molar-refractivity contribution in [2.75, 3.05) is 0 Å². The lowest BCUT2D eigenvalue weighted by molar-refractivity contribution is -0.164. The van der Waals surface area contributed by atoms with Crippen LogP contribution in [-0.2, 0) is 9.59 Å². The van der Waals surface area contributed by atoms with Crippen molar-refractivity contribution in [2.45, 2.75) is 80.1 Å². The molecule has 0 heterocycles. The second-order valence-electron chi connectivity index (χ2n) is 15.2. The highest BCUT2D eigenvalue weighted by Crippen LogP contribution is 2.84. The Kier molecular flexibility index (Phi) is 7.10. The van der Waals surface area contributed by atoms with E-state index in [9.17, 15) is 0 Å². The molecule has 0 N–H and O–H groups in total. The van der Waals surface area contributed by atoms with E-state index in [1.54, 1.807) is 0 Å². The summed E-state index contributed by atoms with van der Waals surface area (Å²) in [6, 6.07) is 20.6. The number of benzene rings is 2. The van der Waals surface area contributed by atoms with E-state index >= 15 is 9.59 Å². The van der Waals surface area contributed by atoms with Crippen molar-refractivity contribution < 1.29 is 9.59 Å². The van der Waals surface area contributed by atoms with E-state index in [1.807, 2.05) is 36.4 Å². The zero-order valence-corrected chi connectivity index (χ0v) is 29.1. The van der Waals surface area contributed by atoms with Gasteiger partial charge in [-0.15, -0.1) is 0 Å². The van der Waals surface area contributed by atoms with Crippen molar-refractivity contribution >= 4 is 55.6 Å². The molecular formula is C38H44Br2O2. The lowest BCUT2D eigenvalue weighted by Crippen LogP contribution is -2.60. The molecule has 4 fully saturated rings.